The van der Waals surface area contributed by atoms with Crippen molar-refractivity contribution in [3.63, 3.8) is 0 Å². The summed E-state index contributed by atoms with van der Waals surface area (Å²) >= 11 is 4.00. The van der Waals surface area contributed by atoms with Gasteiger partial charge in [-0.2, -0.15) is 0 Å². The number of benzene rings is 2. The minimum Gasteiger partial charge on any atom is -0.411 e. The number of aliphatic hydroxyl groups is 1. The number of ether oxygens (including phenoxy) is 2. The van der Waals surface area contributed by atoms with Crippen LogP contribution in [0.15, 0.2) is 60.7 Å². The highest BCUT2D eigenvalue weighted by molar-refractivity contribution is 8.18. The van der Waals surface area contributed by atoms with E-state index >= 15 is 0 Å². The van der Waals surface area contributed by atoms with Crippen LogP contribution in [-0.2, 0) is 27.1 Å². The largest absolute Gasteiger partial charge is 0.411 e. The quantitative estimate of drug-likeness (QED) is 0.343. The second-order valence-electron chi connectivity index (χ2n) is 11.9. The molecule has 1 N–H and O–H groups in total. The lowest BCUT2D eigenvalue weighted by Crippen LogP contribution is -2.52. The summed E-state index contributed by atoms with van der Waals surface area (Å²) in [6, 6.07) is 20.5. The zero-order chi connectivity index (χ0) is 26.5. The van der Waals surface area contributed by atoms with Gasteiger partial charge < -0.3 is 19.0 Å². The molecule has 4 nitrogen and oxygen atoms in total. The molecular formula is C30H44O4S2Si. The highest BCUT2D eigenvalue weighted by Crippen LogP contribution is 2.53. The summed E-state index contributed by atoms with van der Waals surface area (Å²) in [5.74, 6) is 2.25. The molecule has 4 atom stereocenters. The van der Waals surface area contributed by atoms with Gasteiger partial charge in [0.2, 0.25) is 0 Å². The molecule has 7 heteroatoms. The van der Waals surface area contributed by atoms with Crippen LogP contribution < -0.4 is 0 Å². The minimum atomic E-state index is -2.12. The summed E-state index contributed by atoms with van der Waals surface area (Å²) in [5.41, 5.74) is 2.21. The van der Waals surface area contributed by atoms with E-state index < -0.39 is 20.5 Å². The monoisotopic (exact) mass is 560 g/mol. The Morgan fingerprint density at radius 1 is 0.838 bits per heavy atom. The predicted octanol–water partition coefficient (Wildman–Crippen LogP) is 7.27. The Balaban J connectivity index is 1.67. The SMILES string of the molecule is CC(C)(C)[Si](C)(C)O[C@H]1CC2(C[C@H](O)[C@@H](OCc3ccccc3)[C@@H]1OCc1ccccc1)SCCCS2. The molecule has 0 bridgehead atoms. The number of hydrogen-bond acceptors (Lipinski definition) is 6. The molecule has 1 spiro atoms. The van der Waals surface area contributed by atoms with E-state index in [0.717, 1.165) is 29.1 Å². The second-order valence-corrected chi connectivity index (χ2v) is 19.8. The van der Waals surface area contributed by atoms with Crippen molar-refractivity contribution in [2.45, 2.75) is 99.9 Å². The van der Waals surface area contributed by atoms with Gasteiger partial charge in [-0.25, -0.2) is 0 Å². The van der Waals surface area contributed by atoms with Crippen molar-refractivity contribution in [3.05, 3.63) is 71.8 Å². The van der Waals surface area contributed by atoms with Crippen molar-refractivity contribution in [3.8, 4) is 0 Å². The number of thioether (sulfide) groups is 2. The number of rotatable bonds is 8. The number of aliphatic hydroxyl groups excluding tert-OH is 1. The van der Waals surface area contributed by atoms with Gasteiger partial charge in [-0.05, 0) is 60.0 Å². The van der Waals surface area contributed by atoms with E-state index in [1.54, 1.807) is 0 Å². The molecule has 2 aromatic rings. The summed E-state index contributed by atoms with van der Waals surface area (Å²) in [5, 5.41) is 11.8. The average molecular weight is 561 g/mol. The summed E-state index contributed by atoms with van der Waals surface area (Å²) in [6.45, 7) is 12.4. The first-order valence-corrected chi connectivity index (χ1v) is 18.4. The van der Waals surface area contributed by atoms with Gasteiger partial charge in [-0.15, -0.1) is 23.5 Å². The van der Waals surface area contributed by atoms with Crippen LogP contribution in [0.25, 0.3) is 0 Å². The lowest BCUT2D eigenvalue weighted by molar-refractivity contribution is -0.156. The Kier molecular flexibility index (Phi) is 9.92. The Labute approximate surface area is 233 Å². The fraction of sp³-hybridized carbons (Fsp3) is 0.600. The van der Waals surface area contributed by atoms with Crippen molar-refractivity contribution < 1.29 is 19.0 Å². The molecule has 37 heavy (non-hydrogen) atoms. The van der Waals surface area contributed by atoms with Crippen molar-refractivity contribution in [1.82, 2.24) is 0 Å². The Bertz CT molecular complexity index is 961. The first kappa shape index (κ1) is 29.2. The summed E-state index contributed by atoms with van der Waals surface area (Å²) in [4.78, 5) is 0. The van der Waals surface area contributed by atoms with Gasteiger partial charge in [-0.1, -0.05) is 81.4 Å². The Morgan fingerprint density at radius 3 is 1.86 bits per heavy atom. The topological polar surface area (TPSA) is 47.9 Å². The maximum absolute atomic E-state index is 11.7. The van der Waals surface area contributed by atoms with Crippen LogP contribution >= 0.6 is 23.5 Å². The van der Waals surface area contributed by atoms with Gasteiger partial charge in [0.25, 0.3) is 0 Å². The Hall–Kier alpha value is -0.803. The fourth-order valence-electron chi connectivity index (χ4n) is 4.83. The summed E-state index contributed by atoms with van der Waals surface area (Å²) in [6.07, 6.45) is 1.14. The number of hydrogen-bond donors (Lipinski definition) is 1. The normalized spacial score (nSPS) is 26.6. The third-order valence-electron chi connectivity index (χ3n) is 7.94. The van der Waals surface area contributed by atoms with E-state index in [1.807, 2.05) is 59.9 Å². The molecule has 2 fully saturated rings. The van der Waals surface area contributed by atoms with Crippen LogP contribution in [-0.4, -0.2) is 53.4 Å². The van der Waals surface area contributed by atoms with Gasteiger partial charge in [0, 0.05) is 0 Å². The van der Waals surface area contributed by atoms with Gasteiger partial charge in [0.05, 0.1) is 29.5 Å². The molecule has 1 aliphatic carbocycles. The van der Waals surface area contributed by atoms with E-state index in [4.69, 9.17) is 13.9 Å². The van der Waals surface area contributed by atoms with E-state index in [2.05, 4.69) is 58.1 Å². The van der Waals surface area contributed by atoms with Crippen LogP contribution in [0.5, 0.6) is 0 Å². The van der Waals surface area contributed by atoms with E-state index in [0.29, 0.717) is 19.6 Å². The lowest BCUT2D eigenvalue weighted by atomic mass is 10.0. The molecule has 2 aliphatic rings. The molecular weight excluding hydrogens is 517 g/mol. The smallest absolute Gasteiger partial charge is 0.192 e. The van der Waals surface area contributed by atoms with Crippen LogP contribution in [0, 0.1) is 0 Å². The molecule has 0 radical (unpaired) electrons. The molecule has 0 aromatic heterocycles. The molecule has 0 amide bonds. The van der Waals surface area contributed by atoms with Crippen LogP contribution in [0.4, 0.5) is 0 Å². The first-order chi connectivity index (χ1) is 17.6. The molecule has 2 aromatic carbocycles. The van der Waals surface area contributed by atoms with Crippen LogP contribution in [0.1, 0.15) is 51.2 Å². The molecule has 4 rings (SSSR count). The zero-order valence-electron chi connectivity index (χ0n) is 23.0. The van der Waals surface area contributed by atoms with Gasteiger partial charge in [-0.3, -0.25) is 0 Å². The zero-order valence-corrected chi connectivity index (χ0v) is 25.7. The highest BCUT2D eigenvalue weighted by Gasteiger charge is 2.52. The maximum atomic E-state index is 11.7. The lowest BCUT2D eigenvalue weighted by Gasteiger charge is -2.44. The predicted molar refractivity (Wildman–Crippen MR) is 160 cm³/mol. The van der Waals surface area contributed by atoms with Gasteiger partial charge in [0.1, 0.15) is 12.2 Å². The van der Waals surface area contributed by atoms with Crippen molar-refractivity contribution in [1.29, 1.82) is 0 Å². The first-order valence-electron chi connectivity index (χ1n) is 13.5. The minimum absolute atomic E-state index is 0.0717. The van der Waals surface area contributed by atoms with Crippen LogP contribution in [0.2, 0.25) is 18.1 Å². The molecule has 1 heterocycles. The average Bonchev–Trinajstić information content (AvgIpc) is 2.95. The Morgan fingerprint density at radius 2 is 1.35 bits per heavy atom. The second kappa shape index (κ2) is 12.6. The standard InChI is InChI=1S/C30H44O4S2Si/c1-29(2,3)37(4,5)34-26-20-30(35-17-12-18-36-30)19-25(31)27(32-21-23-13-8-6-9-14-23)28(26)33-22-24-15-10-7-11-16-24/h6-11,13-16,25-28,31H,12,17-22H2,1-5H3/t25-,26-,27+,28+/m0/s1. The maximum Gasteiger partial charge on any atom is 0.192 e. The molecule has 1 saturated carbocycles. The summed E-state index contributed by atoms with van der Waals surface area (Å²) < 4.78 is 20.4. The van der Waals surface area contributed by atoms with Crippen molar-refractivity contribution in [2.75, 3.05) is 11.5 Å². The van der Waals surface area contributed by atoms with Crippen molar-refractivity contribution >= 4 is 31.8 Å². The van der Waals surface area contributed by atoms with Crippen molar-refractivity contribution in [2.24, 2.45) is 0 Å². The third kappa shape index (κ3) is 7.65. The summed E-state index contributed by atoms with van der Waals surface area (Å²) in [7, 11) is -2.12. The van der Waals surface area contributed by atoms with E-state index in [9.17, 15) is 5.11 Å². The highest BCUT2D eigenvalue weighted by atomic mass is 32.2. The van der Waals surface area contributed by atoms with Crippen LogP contribution in [0.3, 0.4) is 0 Å². The third-order valence-corrected chi connectivity index (χ3v) is 15.9. The van der Waals surface area contributed by atoms with E-state index in [1.165, 1.54) is 6.42 Å². The molecule has 0 unspecified atom stereocenters. The molecule has 1 saturated heterocycles. The van der Waals surface area contributed by atoms with Gasteiger partial charge >= 0.3 is 0 Å². The van der Waals surface area contributed by atoms with Gasteiger partial charge in [0.15, 0.2) is 8.32 Å². The van der Waals surface area contributed by atoms with E-state index in [-0.39, 0.29) is 21.3 Å². The molecule has 204 valence electrons. The fourth-order valence-corrected chi connectivity index (χ4v) is 9.64. The molecule has 1 aliphatic heterocycles.